The van der Waals surface area contributed by atoms with Crippen molar-refractivity contribution in [1.82, 2.24) is 10.2 Å². The number of carbonyl (C=O) groups is 2. The SMILES string of the molecule is NC(=O)c1n[nH]c2ccc(NC(=O)C3CCCCC3)cc12. The van der Waals surface area contributed by atoms with E-state index in [2.05, 4.69) is 15.5 Å². The average molecular weight is 286 g/mol. The molecule has 1 aromatic heterocycles. The van der Waals surface area contributed by atoms with E-state index < -0.39 is 5.91 Å². The normalized spacial score (nSPS) is 16.0. The molecule has 6 heteroatoms. The van der Waals surface area contributed by atoms with Crippen LogP contribution < -0.4 is 11.1 Å². The number of nitrogens with one attached hydrogen (secondary N) is 2. The Morgan fingerprint density at radius 3 is 2.71 bits per heavy atom. The second-order valence-corrected chi connectivity index (χ2v) is 5.52. The zero-order valence-corrected chi connectivity index (χ0v) is 11.7. The van der Waals surface area contributed by atoms with Crippen LogP contribution in [0.25, 0.3) is 10.9 Å². The smallest absolute Gasteiger partial charge is 0.269 e. The number of hydrogen-bond acceptors (Lipinski definition) is 3. The number of aromatic amines is 1. The van der Waals surface area contributed by atoms with Gasteiger partial charge in [-0.2, -0.15) is 5.10 Å². The van der Waals surface area contributed by atoms with Crippen LogP contribution in [0.3, 0.4) is 0 Å². The van der Waals surface area contributed by atoms with Crippen LogP contribution in [-0.2, 0) is 4.79 Å². The lowest BCUT2D eigenvalue weighted by Gasteiger charge is -2.20. The maximum atomic E-state index is 12.2. The van der Waals surface area contributed by atoms with Crippen molar-refractivity contribution in [3.63, 3.8) is 0 Å². The number of nitrogens with zero attached hydrogens (tertiary/aromatic N) is 1. The van der Waals surface area contributed by atoms with Crippen LogP contribution >= 0.6 is 0 Å². The van der Waals surface area contributed by atoms with Crippen LogP contribution in [0.2, 0.25) is 0 Å². The molecule has 3 rings (SSSR count). The molecule has 2 aromatic rings. The summed E-state index contributed by atoms with van der Waals surface area (Å²) in [6.07, 6.45) is 5.35. The fourth-order valence-corrected chi connectivity index (χ4v) is 2.89. The predicted octanol–water partition coefficient (Wildman–Crippen LogP) is 2.18. The summed E-state index contributed by atoms with van der Waals surface area (Å²) in [5, 5.41) is 10.2. The molecule has 4 N–H and O–H groups in total. The highest BCUT2D eigenvalue weighted by atomic mass is 16.2. The highest BCUT2D eigenvalue weighted by Crippen LogP contribution is 2.26. The van der Waals surface area contributed by atoms with Gasteiger partial charge in [0.05, 0.1) is 5.52 Å². The number of primary amides is 1. The van der Waals surface area contributed by atoms with Gasteiger partial charge in [0, 0.05) is 17.0 Å². The van der Waals surface area contributed by atoms with Crippen LogP contribution in [0.5, 0.6) is 0 Å². The van der Waals surface area contributed by atoms with Gasteiger partial charge in [-0.25, -0.2) is 0 Å². The summed E-state index contributed by atoms with van der Waals surface area (Å²) in [6.45, 7) is 0. The molecule has 0 radical (unpaired) electrons. The standard InChI is InChI=1S/C15H18N4O2/c16-14(20)13-11-8-10(6-7-12(11)18-19-13)17-15(21)9-4-2-1-3-5-9/h6-9H,1-5H2,(H2,16,20)(H,17,21)(H,18,19). The first kappa shape index (κ1) is 13.6. The van der Waals surface area contributed by atoms with Crippen LogP contribution in [0, 0.1) is 5.92 Å². The van der Waals surface area contributed by atoms with Crippen molar-refractivity contribution in [3.8, 4) is 0 Å². The van der Waals surface area contributed by atoms with Crippen molar-refractivity contribution in [3.05, 3.63) is 23.9 Å². The van der Waals surface area contributed by atoms with E-state index in [4.69, 9.17) is 5.73 Å². The zero-order chi connectivity index (χ0) is 14.8. The van der Waals surface area contributed by atoms with Gasteiger partial charge < -0.3 is 11.1 Å². The summed E-state index contributed by atoms with van der Waals surface area (Å²) in [7, 11) is 0. The summed E-state index contributed by atoms with van der Waals surface area (Å²) in [5.41, 5.74) is 6.87. The second-order valence-electron chi connectivity index (χ2n) is 5.52. The molecule has 6 nitrogen and oxygen atoms in total. The topological polar surface area (TPSA) is 101 Å². The lowest BCUT2D eigenvalue weighted by molar-refractivity contribution is -0.120. The molecule has 0 aliphatic heterocycles. The predicted molar refractivity (Wildman–Crippen MR) is 79.8 cm³/mol. The van der Waals surface area contributed by atoms with Gasteiger partial charge in [-0.3, -0.25) is 14.7 Å². The monoisotopic (exact) mass is 286 g/mol. The molecule has 1 aliphatic carbocycles. The molecular formula is C15H18N4O2. The molecule has 110 valence electrons. The average Bonchev–Trinajstić information content (AvgIpc) is 2.91. The summed E-state index contributed by atoms with van der Waals surface area (Å²) in [4.78, 5) is 23.5. The van der Waals surface area contributed by atoms with Crippen molar-refractivity contribution in [1.29, 1.82) is 0 Å². The molecule has 2 amide bonds. The fourth-order valence-electron chi connectivity index (χ4n) is 2.89. The van der Waals surface area contributed by atoms with Crippen LogP contribution in [0.1, 0.15) is 42.6 Å². The summed E-state index contributed by atoms with van der Waals surface area (Å²) in [5.74, 6) is -0.440. The first-order valence-electron chi connectivity index (χ1n) is 7.24. The van der Waals surface area contributed by atoms with Gasteiger partial charge in [0.2, 0.25) is 5.91 Å². The van der Waals surface area contributed by atoms with E-state index in [9.17, 15) is 9.59 Å². The number of fused-ring (bicyclic) bond motifs is 1. The van der Waals surface area contributed by atoms with E-state index in [-0.39, 0.29) is 17.5 Å². The van der Waals surface area contributed by atoms with Gasteiger partial charge in [0.25, 0.3) is 5.91 Å². The number of rotatable bonds is 3. The largest absolute Gasteiger partial charge is 0.364 e. The van der Waals surface area contributed by atoms with Crippen molar-refractivity contribution in [2.75, 3.05) is 5.32 Å². The summed E-state index contributed by atoms with van der Waals surface area (Å²) in [6, 6.07) is 5.32. The third-order valence-corrected chi connectivity index (χ3v) is 4.04. The summed E-state index contributed by atoms with van der Waals surface area (Å²) >= 11 is 0. The molecule has 1 saturated carbocycles. The lowest BCUT2D eigenvalue weighted by atomic mass is 9.88. The minimum Gasteiger partial charge on any atom is -0.364 e. The molecule has 0 spiro atoms. The van der Waals surface area contributed by atoms with Crippen LogP contribution in [0.15, 0.2) is 18.2 Å². The number of nitrogens with two attached hydrogens (primary N) is 1. The van der Waals surface area contributed by atoms with E-state index >= 15 is 0 Å². The third-order valence-electron chi connectivity index (χ3n) is 4.04. The van der Waals surface area contributed by atoms with E-state index in [0.717, 1.165) is 31.2 Å². The van der Waals surface area contributed by atoms with Crippen molar-refractivity contribution in [2.24, 2.45) is 11.7 Å². The van der Waals surface area contributed by atoms with Gasteiger partial charge in [0.1, 0.15) is 0 Å². The van der Waals surface area contributed by atoms with E-state index in [1.165, 1.54) is 6.42 Å². The molecule has 1 aliphatic rings. The zero-order valence-electron chi connectivity index (χ0n) is 11.7. The van der Waals surface area contributed by atoms with E-state index in [1.807, 2.05) is 0 Å². The Bertz CT molecular complexity index is 686. The van der Waals surface area contributed by atoms with E-state index in [1.54, 1.807) is 18.2 Å². The highest BCUT2D eigenvalue weighted by molar-refractivity contribution is 6.05. The Kier molecular flexibility index (Phi) is 3.60. The third kappa shape index (κ3) is 2.74. The molecular weight excluding hydrogens is 268 g/mol. The Morgan fingerprint density at radius 1 is 1.24 bits per heavy atom. The number of H-pyrrole nitrogens is 1. The van der Waals surface area contributed by atoms with Crippen molar-refractivity contribution < 1.29 is 9.59 Å². The Morgan fingerprint density at radius 2 is 2.00 bits per heavy atom. The minimum atomic E-state index is -0.586. The van der Waals surface area contributed by atoms with Crippen LogP contribution in [0.4, 0.5) is 5.69 Å². The number of hydrogen-bond donors (Lipinski definition) is 3. The van der Waals surface area contributed by atoms with Crippen LogP contribution in [-0.4, -0.2) is 22.0 Å². The van der Waals surface area contributed by atoms with Crippen molar-refractivity contribution >= 4 is 28.4 Å². The molecule has 1 heterocycles. The van der Waals surface area contributed by atoms with Crippen molar-refractivity contribution in [2.45, 2.75) is 32.1 Å². The molecule has 0 atom stereocenters. The maximum absolute atomic E-state index is 12.2. The molecule has 0 bridgehead atoms. The van der Waals surface area contributed by atoms with E-state index in [0.29, 0.717) is 11.1 Å². The Hall–Kier alpha value is -2.37. The van der Waals surface area contributed by atoms with Gasteiger partial charge in [-0.15, -0.1) is 0 Å². The molecule has 1 fully saturated rings. The van der Waals surface area contributed by atoms with Gasteiger partial charge >= 0.3 is 0 Å². The number of carbonyl (C=O) groups excluding carboxylic acids is 2. The number of aromatic nitrogens is 2. The highest BCUT2D eigenvalue weighted by Gasteiger charge is 2.21. The van der Waals surface area contributed by atoms with Gasteiger partial charge in [0.15, 0.2) is 5.69 Å². The first-order valence-corrected chi connectivity index (χ1v) is 7.24. The van der Waals surface area contributed by atoms with Gasteiger partial charge in [-0.05, 0) is 31.0 Å². The fraction of sp³-hybridized carbons (Fsp3) is 0.400. The number of benzene rings is 1. The number of amides is 2. The Labute approximate surface area is 122 Å². The molecule has 0 unspecified atom stereocenters. The van der Waals surface area contributed by atoms with Gasteiger partial charge in [-0.1, -0.05) is 19.3 Å². The lowest BCUT2D eigenvalue weighted by Crippen LogP contribution is -2.24. The minimum absolute atomic E-state index is 0.0539. The molecule has 1 aromatic carbocycles. The summed E-state index contributed by atoms with van der Waals surface area (Å²) < 4.78 is 0. The maximum Gasteiger partial charge on any atom is 0.269 e. The Balaban J connectivity index is 1.81. The second kappa shape index (κ2) is 5.55. The molecule has 21 heavy (non-hydrogen) atoms. The first-order chi connectivity index (χ1) is 10.1. The number of anilines is 1. The quantitative estimate of drug-likeness (QED) is 0.806. The molecule has 0 saturated heterocycles.